The number of fused-ring (bicyclic) bond motifs is 1. The fourth-order valence-electron chi connectivity index (χ4n) is 4.43. The first-order valence-corrected chi connectivity index (χ1v) is 11.0. The number of aliphatic hydroxyl groups is 1. The second-order valence-corrected chi connectivity index (χ2v) is 8.15. The molecule has 4 aromatic rings. The SMILES string of the molecule is O=C1C(=O)N(CCc2ccc(F)cc2)C(c2ccccn2)/C1=C(/O)c1cccc2ccccc12. The Kier molecular flexibility index (Phi) is 5.64. The van der Waals surface area contributed by atoms with Crippen LogP contribution < -0.4 is 0 Å². The van der Waals surface area contributed by atoms with Gasteiger partial charge in [-0.2, -0.15) is 0 Å². The molecule has 1 saturated heterocycles. The highest BCUT2D eigenvalue weighted by Crippen LogP contribution is 2.39. The number of nitrogens with zero attached hydrogens (tertiary/aromatic N) is 2. The van der Waals surface area contributed by atoms with Gasteiger partial charge in [0.05, 0.1) is 11.3 Å². The number of likely N-dealkylation sites (tertiary alicyclic amines) is 1. The molecule has 0 saturated carbocycles. The third-order valence-corrected chi connectivity index (χ3v) is 6.11. The maximum Gasteiger partial charge on any atom is 0.295 e. The van der Waals surface area contributed by atoms with E-state index in [0.717, 1.165) is 16.3 Å². The molecule has 2 heterocycles. The second kappa shape index (κ2) is 8.90. The first-order valence-electron chi connectivity index (χ1n) is 11.0. The number of rotatable bonds is 5. The number of aromatic nitrogens is 1. The molecule has 1 amide bonds. The van der Waals surface area contributed by atoms with Crippen molar-refractivity contribution in [2.75, 3.05) is 6.54 Å². The lowest BCUT2D eigenvalue weighted by Gasteiger charge is -2.24. The van der Waals surface area contributed by atoms with Crippen molar-refractivity contribution in [1.82, 2.24) is 9.88 Å². The van der Waals surface area contributed by atoms with E-state index >= 15 is 0 Å². The van der Waals surface area contributed by atoms with Gasteiger partial charge in [0.25, 0.3) is 11.7 Å². The summed E-state index contributed by atoms with van der Waals surface area (Å²) in [5, 5.41) is 13.1. The van der Waals surface area contributed by atoms with Crippen LogP contribution in [-0.4, -0.2) is 33.2 Å². The molecule has 34 heavy (non-hydrogen) atoms. The number of carbonyl (C=O) groups excluding carboxylic acids is 2. The van der Waals surface area contributed by atoms with E-state index in [9.17, 15) is 19.1 Å². The number of halogens is 1. The van der Waals surface area contributed by atoms with E-state index in [1.807, 2.05) is 30.3 Å². The molecule has 3 aromatic carbocycles. The minimum Gasteiger partial charge on any atom is -0.507 e. The Hall–Kier alpha value is -4.32. The molecule has 0 radical (unpaired) electrons. The number of hydrogen-bond acceptors (Lipinski definition) is 4. The zero-order valence-corrected chi connectivity index (χ0v) is 18.2. The minimum atomic E-state index is -0.833. The van der Waals surface area contributed by atoms with Gasteiger partial charge in [-0.3, -0.25) is 14.6 Å². The van der Waals surface area contributed by atoms with Gasteiger partial charge < -0.3 is 10.0 Å². The number of amides is 1. The van der Waals surface area contributed by atoms with Crippen LogP contribution in [-0.2, 0) is 16.0 Å². The van der Waals surface area contributed by atoms with Crippen LogP contribution in [0.4, 0.5) is 4.39 Å². The van der Waals surface area contributed by atoms with Crippen LogP contribution in [0, 0.1) is 5.82 Å². The highest BCUT2D eigenvalue weighted by Gasteiger charge is 2.46. The van der Waals surface area contributed by atoms with Crippen LogP contribution in [0.5, 0.6) is 0 Å². The van der Waals surface area contributed by atoms with Crippen molar-refractivity contribution in [2.45, 2.75) is 12.5 Å². The first-order chi connectivity index (χ1) is 16.5. The average molecular weight is 452 g/mol. The number of Topliss-reactive ketones (excluding diaryl/α,β-unsaturated/α-hetero) is 1. The summed E-state index contributed by atoms with van der Waals surface area (Å²) in [5.74, 6) is -2.01. The van der Waals surface area contributed by atoms with Crippen LogP contribution in [0.15, 0.2) is 96.7 Å². The Morgan fingerprint density at radius 2 is 1.65 bits per heavy atom. The smallest absolute Gasteiger partial charge is 0.295 e. The zero-order chi connectivity index (χ0) is 23.7. The second-order valence-electron chi connectivity index (χ2n) is 8.15. The quantitative estimate of drug-likeness (QED) is 0.262. The van der Waals surface area contributed by atoms with Crippen LogP contribution in [0.1, 0.15) is 22.9 Å². The zero-order valence-electron chi connectivity index (χ0n) is 18.2. The summed E-state index contributed by atoms with van der Waals surface area (Å²) in [5.41, 5.74) is 1.81. The summed E-state index contributed by atoms with van der Waals surface area (Å²) in [6.45, 7) is 0.212. The van der Waals surface area contributed by atoms with Crippen LogP contribution in [0.3, 0.4) is 0 Å². The standard InChI is InChI=1S/C28H21FN2O3/c29-20-13-11-18(12-14-20)15-17-31-25(23-10-3-4-16-30-23)24(27(33)28(31)34)26(32)22-9-5-7-19-6-1-2-8-21(19)22/h1-14,16,25,32H,15,17H2/b26-24-. The van der Waals surface area contributed by atoms with Crippen LogP contribution >= 0.6 is 0 Å². The normalized spacial score (nSPS) is 17.4. The van der Waals surface area contributed by atoms with Crippen LogP contribution in [0.2, 0.25) is 0 Å². The molecule has 5 nitrogen and oxygen atoms in total. The highest BCUT2D eigenvalue weighted by molar-refractivity contribution is 6.46. The molecule has 0 bridgehead atoms. The summed E-state index contributed by atoms with van der Waals surface area (Å²) in [6, 6.07) is 23.5. The summed E-state index contributed by atoms with van der Waals surface area (Å²) in [7, 11) is 0. The lowest BCUT2D eigenvalue weighted by atomic mass is 9.95. The average Bonchev–Trinajstić information content (AvgIpc) is 3.13. The lowest BCUT2D eigenvalue weighted by molar-refractivity contribution is -0.139. The molecule has 1 unspecified atom stereocenters. The van der Waals surface area contributed by atoms with E-state index < -0.39 is 17.7 Å². The van der Waals surface area contributed by atoms with Gasteiger partial charge >= 0.3 is 0 Å². The van der Waals surface area contributed by atoms with Gasteiger partial charge in [-0.1, -0.05) is 60.7 Å². The van der Waals surface area contributed by atoms with E-state index in [2.05, 4.69) is 4.98 Å². The summed E-state index contributed by atoms with van der Waals surface area (Å²) >= 11 is 0. The van der Waals surface area contributed by atoms with Crippen molar-refractivity contribution in [3.63, 3.8) is 0 Å². The summed E-state index contributed by atoms with van der Waals surface area (Å²) in [4.78, 5) is 32.2. The number of ketones is 1. The number of pyridine rings is 1. The number of aliphatic hydroxyl groups excluding tert-OH is 1. The monoisotopic (exact) mass is 452 g/mol. The molecule has 1 aliphatic rings. The molecule has 168 valence electrons. The maximum absolute atomic E-state index is 13.3. The third-order valence-electron chi connectivity index (χ3n) is 6.11. The molecule has 1 fully saturated rings. The van der Waals surface area contributed by atoms with Crippen LogP contribution in [0.25, 0.3) is 16.5 Å². The first kappa shape index (κ1) is 21.5. The Morgan fingerprint density at radius 1 is 0.912 bits per heavy atom. The number of hydrogen-bond donors (Lipinski definition) is 1. The lowest BCUT2D eigenvalue weighted by Crippen LogP contribution is -2.32. The molecule has 0 spiro atoms. The summed E-state index contributed by atoms with van der Waals surface area (Å²) < 4.78 is 13.3. The minimum absolute atomic E-state index is 0.0131. The van der Waals surface area contributed by atoms with Gasteiger partial charge in [0.15, 0.2) is 0 Å². The molecule has 5 rings (SSSR count). The van der Waals surface area contributed by atoms with Crippen molar-refractivity contribution in [3.8, 4) is 0 Å². The molecular weight excluding hydrogens is 431 g/mol. The largest absolute Gasteiger partial charge is 0.507 e. The van der Waals surface area contributed by atoms with Gasteiger partial charge in [0, 0.05) is 18.3 Å². The third kappa shape index (κ3) is 3.83. The molecule has 1 atom stereocenters. The highest BCUT2D eigenvalue weighted by atomic mass is 19.1. The topological polar surface area (TPSA) is 70.5 Å². The summed E-state index contributed by atoms with van der Waals surface area (Å²) in [6.07, 6.45) is 2.01. The van der Waals surface area contributed by atoms with E-state index in [-0.39, 0.29) is 23.7 Å². The van der Waals surface area contributed by atoms with Gasteiger partial charge in [0.2, 0.25) is 0 Å². The molecular formula is C28H21FN2O3. The fraction of sp³-hybridized carbons (Fsp3) is 0.107. The maximum atomic E-state index is 13.3. The van der Waals surface area contributed by atoms with Crippen molar-refractivity contribution in [3.05, 3.63) is 119 Å². The predicted octanol–water partition coefficient (Wildman–Crippen LogP) is 5.04. The van der Waals surface area contributed by atoms with Gasteiger partial charge in [-0.25, -0.2) is 4.39 Å². The Morgan fingerprint density at radius 3 is 2.41 bits per heavy atom. The van der Waals surface area contributed by atoms with Gasteiger partial charge in [-0.15, -0.1) is 0 Å². The Bertz CT molecular complexity index is 1410. The molecule has 1 aromatic heterocycles. The molecule has 1 aliphatic heterocycles. The molecule has 6 heteroatoms. The number of carbonyl (C=O) groups is 2. The fourth-order valence-corrected chi connectivity index (χ4v) is 4.43. The van der Waals surface area contributed by atoms with Crippen molar-refractivity contribution >= 4 is 28.2 Å². The Balaban J connectivity index is 1.61. The van der Waals surface area contributed by atoms with E-state index in [0.29, 0.717) is 17.7 Å². The predicted molar refractivity (Wildman–Crippen MR) is 127 cm³/mol. The Labute approximate surface area is 195 Å². The molecule has 1 N–H and O–H groups in total. The van der Waals surface area contributed by atoms with E-state index in [1.54, 1.807) is 48.7 Å². The number of benzene rings is 3. The van der Waals surface area contributed by atoms with Crippen molar-refractivity contribution in [1.29, 1.82) is 0 Å². The van der Waals surface area contributed by atoms with Gasteiger partial charge in [-0.05, 0) is 47.0 Å². The molecule has 0 aliphatic carbocycles. The van der Waals surface area contributed by atoms with Gasteiger partial charge in [0.1, 0.15) is 17.6 Å². The van der Waals surface area contributed by atoms with Crippen molar-refractivity contribution in [2.24, 2.45) is 0 Å². The van der Waals surface area contributed by atoms with E-state index in [4.69, 9.17) is 0 Å². The van der Waals surface area contributed by atoms with Crippen molar-refractivity contribution < 1.29 is 19.1 Å². The van der Waals surface area contributed by atoms with E-state index in [1.165, 1.54) is 17.0 Å².